The van der Waals surface area contributed by atoms with Gasteiger partial charge in [-0.05, 0) is 74.5 Å². The van der Waals surface area contributed by atoms with E-state index in [0.29, 0.717) is 5.75 Å². The zero-order chi connectivity index (χ0) is 19.4. The van der Waals surface area contributed by atoms with Gasteiger partial charge in [0.15, 0.2) is 0 Å². The summed E-state index contributed by atoms with van der Waals surface area (Å²) < 4.78 is 7.30. The first kappa shape index (κ1) is 19.7. The molecule has 1 fully saturated rings. The van der Waals surface area contributed by atoms with E-state index in [-0.39, 0.29) is 24.8 Å². The smallest absolute Gasteiger partial charge is 0.329 e. The molecule has 0 unspecified atom stereocenters. The highest BCUT2D eigenvalue weighted by Gasteiger charge is 2.33. The van der Waals surface area contributed by atoms with Crippen molar-refractivity contribution in [2.75, 3.05) is 6.61 Å². The van der Waals surface area contributed by atoms with Gasteiger partial charge in [0.25, 0.3) is 5.91 Å². The van der Waals surface area contributed by atoms with E-state index in [4.69, 9.17) is 11.2 Å². The van der Waals surface area contributed by atoms with Gasteiger partial charge in [-0.3, -0.25) is 9.69 Å². The van der Waals surface area contributed by atoms with Gasteiger partial charge in [0.1, 0.15) is 18.1 Å². The molecule has 5 nitrogen and oxygen atoms in total. The molecular formula is C20H14I2N2O3. The van der Waals surface area contributed by atoms with Crippen LogP contribution in [0, 0.1) is 19.5 Å². The summed E-state index contributed by atoms with van der Waals surface area (Å²) >= 11 is 4.31. The van der Waals surface area contributed by atoms with Crippen molar-refractivity contribution in [2.45, 2.75) is 6.54 Å². The summed E-state index contributed by atoms with van der Waals surface area (Å²) in [7, 11) is 0. The van der Waals surface area contributed by atoms with E-state index in [2.05, 4.69) is 56.4 Å². The quantitative estimate of drug-likeness (QED) is 0.251. The second-order valence-electron chi connectivity index (χ2n) is 5.67. The van der Waals surface area contributed by atoms with Gasteiger partial charge in [-0.1, -0.05) is 36.3 Å². The molecule has 0 radical (unpaired) electrons. The Morgan fingerprint density at radius 2 is 1.81 bits per heavy atom. The Morgan fingerprint density at radius 1 is 1.15 bits per heavy atom. The van der Waals surface area contributed by atoms with Crippen molar-refractivity contribution >= 4 is 63.2 Å². The fourth-order valence-corrected chi connectivity index (χ4v) is 4.69. The van der Waals surface area contributed by atoms with Crippen molar-refractivity contribution in [1.82, 2.24) is 10.2 Å². The molecular weight excluding hydrogens is 570 g/mol. The molecule has 1 aliphatic rings. The molecule has 0 spiro atoms. The van der Waals surface area contributed by atoms with Gasteiger partial charge in [-0.15, -0.1) is 6.42 Å². The number of carbonyl (C=O) groups is 2. The van der Waals surface area contributed by atoms with Crippen LogP contribution in [0.25, 0.3) is 6.08 Å². The molecule has 1 aliphatic heterocycles. The monoisotopic (exact) mass is 584 g/mol. The maximum absolute atomic E-state index is 12.6. The SMILES string of the molecule is C#CCOc1c(I)cc(/C=C2\NC(=O)N(Cc3ccccc3)C2=O)cc1I. The first-order chi connectivity index (χ1) is 13.0. The zero-order valence-electron chi connectivity index (χ0n) is 14.0. The summed E-state index contributed by atoms with van der Waals surface area (Å²) in [4.78, 5) is 26.0. The largest absolute Gasteiger partial charge is 0.479 e. The molecule has 0 saturated carbocycles. The van der Waals surface area contributed by atoms with Crippen molar-refractivity contribution in [3.05, 3.63) is 66.4 Å². The number of nitrogens with one attached hydrogen (secondary N) is 1. The lowest BCUT2D eigenvalue weighted by atomic mass is 10.1. The summed E-state index contributed by atoms with van der Waals surface area (Å²) in [5, 5.41) is 2.65. The molecule has 1 heterocycles. The highest BCUT2D eigenvalue weighted by atomic mass is 127. The predicted octanol–water partition coefficient (Wildman–Crippen LogP) is 4.00. The van der Waals surface area contributed by atoms with Gasteiger partial charge >= 0.3 is 6.03 Å². The van der Waals surface area contributed by atoms with E-state index < -0.39 is 6.03 Å². The molecule has 0 atom stereocenters. The Morgan fingerprint density at radius 3 is 2.44 bits per heavy atom. The van der Waals surface area contributed by atoms with Gasteiger partial charge in [0, 0.05) is 0 Å². The number of amides is 3. The average molecular weight is 584 g/mol. The third-order valence-electron chi connectivity index (χ3n) is 3.78. The van der Waals surface area contributed by atoms with Crippen LogP contribution in [-0.4, -0.2) is 23.4 Å². The first-order valence-electron chi connectivity index (χ1n) is 7.93. The summed E-state index contributed by atoms with van der Waals surface area (Å²) in [6.07, 6.45) is 6.91. The molecule has 0 aliphatic carbocycles. The standard InChI is InChI=1S/C20H14I2N2O3/c1-2-8-27-18-15(21)9-14(10-16(18)22)11-17-19(25)24(20(26)23-17)12-13-6-4-3-5-7-13/h1,3-7,9-11H,8,12H2,(H,23,26)/b17-11-. The average Bonchev–Trinajstić information content (AvgIpc) is 2.89. The van der Waals surface area contributed by atoms with E-state index in [0.717, 1.165) is 18.3 Å². The maximum Gasteiger partial charge on any atom is 0.329 e. The molecule has 0 bridgehead atoms. The zero-order valence-corrected chi connectivity index (χ0v) is 18.4. The van der Waals surface area contributed by atoms with Crippen LogP contribution in [0.3, 0.4) is 0 Å². The number of nitrogens with zero attached hydrogens (tertiary/aromatic N) is 1. The fourth-order valence-electron chi connectivity index (χ4n) is 2.56. The second-order valence-corrected chi connectivity index (χ2v) is 8.00. The number of imide groups is 1. The highest BCUT2D eigenvalue weighted by molar-refractivity contribution is 14.1. The lowest BCUT2D eigenvalue weighted by Gasteiger charge is -2.11. The molecule has 3 rings (SSSR count). The third-order valence-corrected chi connectivity index (χ3v) is 5.38. The topological polar surface area (TPSA) is 58.6 Å². The molecule has 1 N–H and O–H groups in total. The minimum atomic E-state index is -0.423. The minimum Gasteiger partial charge on any atom is -0.479 e. The molecule has 136 valence electrons. The van der Waals surface area contributed by atoms with Crippen LogP contribution < -0.4 is 10.1 Å². The number of hydrogen-bond donors (Lipinski definition) is 1. The summed E-state index contributed by atoms with van der Waals surface area (Å²) in [5.41, 5.74) is 1.93. The maximum atomic E-state index is 12.6. The van der Waals surface area contributed by atoms with Crippen LogP contribution in [0.4, 0.5) is 4.79 Å². The number of hydrogen-bond acceptors (Lipinski definition) is 3. The van der Waals surface area contributed by atoms with Crippen molar-refractivity contribution in [1.29, 1.82) is 0 Å². The molecule has 2 aromatic rings. The van der Waals surface area contributed by atoms with Gasteiger partial charge in [-0.25, -0.2) is 4.79 Å². The molecule has 3 amide bonds. The molecule has 0 aromatic heterocycles. The Bertz CT molecular complexity index is 942. The van der Waals surface area contributed by atoms with E-state index in [9.17, 15) is 9.59 Å². The van der Waals surface area contributed by atoms with Crippen LogP contribution in [0.2, 0.25) is 0 Å². The van der Waals surface area contributed by atoms with E-state index >= 15 is 0 Å². The van der Waals surface area contributed by atoms with Gasteiger partial charge in [0.2, 0.25) is 0 Å². The number of urea groups is 1. The van der Waals surface area contributed by atoms with E-state index in [1.165, 1.54) is 4.90 Å². The van der Waals surface area contributed by atoms with E-state index in [1.807, 2.05) is 42.5 Å². The van der Waals surface area contributed by atoms with Crippen LogP contribution in [0.5, 0.6) is 5.75 Å². The van der Waals surface area contributed by atoms with Crippen molar-refractivity contribution in [2.24, 2.45) is 0 Å². The number of benzene rings is 2. The first-order valence-corrected chi connectivity index (χ1v) is 10.1. The normalized spacial score (nSPS) is 15.0. The summed E-state index contributed by atoms with van der Waals surface area (Å²) in [6.45, 7) is 0.423. The Balaban J connectivity index is 1.82. The lowest BCUT2D eigenvalue weighted by Crippen LogP contribution is -2.30. The van der Waals surface area contributed by atoms with E-state index in [1.54, 1.807) is 6.08 Å². The Hall–Kier alpha value is -2.06. The molecule has 7 heteroatoms. The van der Waals surface area contributed by atoms with Gasteiger partial charge in [0.05, 0.1) is 13.7 Å². The molecule has 2 aromatic carbocycles. The van der Waals surface area contributed by atoms with Crippen LogP contribution in [0.15, 0.2) is 48.2 Å². The van der Waals surface area contributed by atoms with Crippen LogP contribution in [-0.2, 0) is 11.3 Å². The Labute approximate surface area is 184 Å². The van der Waals surface area contributed by atoms with Crippen molar-refractivity contribution in [3.8, 4) is 18.1 Å². The number of terminal acetylenes is 1. The van der Waals surface area contributed by atoms with Gasteiger partial charge in [-0.2, -0.15) is 0 Å². The van der Waals surface area contributed by atoms with Crippen LogP contribution >= 0.6 is 45.2 Å². The number of carbonyl (C=O) groups excluding carboxylic acids is 2. The number of halogens is 2. The van der Waals surface area contributed by atoms with Crippen molar-refractivity contribution in [3.63, 3.8) is 0 Å². The molecule has 1 saturated heterocycles. The summed E-state index contributed by atoms with van der Waals surface area (Å²) in [5.74, 6) is 2.81. The number of rotatable bonds is 5. The third kappa shape index (κ3) is 4.62. The number of ether oxygens (including phenoxy) is 1. The molecule has 27 heavy (non-hydrogen) atoms. The van der Waals surface area contributed by atoms with Crippen molar-refractivity contribution < 1.29 is 14.3 Å². The second kappa shape index (κ2) is 8.75. The predicted molar refractivity (Wildman–Crippen MR) is 120 cm³/mol. The Kier molecular flexibility index (Phi) is 6.38. The minimum absolute atomic E-state index is 0.190. The fraction of sp³-hybridized carbons (Fsp3) is 0.100. The highest BCUT2D eigenvalue weighted by Crippen LogP contribution is 2.30. The lowest BCUT2D eigenvalue weighted by molar-refractivity contribution is -0.123. The van der Waals surface area contributed by atoms with Crippen LogP contribution in [0.1, 0.15) is 11.1 Å². The van der Waals surface area contributed by atoms with Gasteiger partial charge < -0.3 is 10.1 Å². The summed E-state index contributed by atoms with van der Waals surface area (Å²) in [6, 6.07) is 12.7.